The Labute approximate surface area is 125 Å². The van der Waals surface area contributed by atoms with Gasteiger partial charge in [-0.3, -0.25) is 11.3 Å². The number of halogens is 2. The molecule has 4 heteroatoms. The molecule has 1 atom stereocenters. The van der Waals surface area contributed by atoms with Gasteiger partial charge in [-0.2, -0.15) is 0 Å². The Balaban J connectivity index is 2.19. The fraction of sp³-hybridized carbons (Fsp3) is 0.600. The molecule has 0 aromatic heterocycles. The number of hydrogen-bond donors (Lipinski definition) is 2. The molecule has 1 aromatic rings. The van der Waals surface area contributed by atoms with Gasteiger partial charge in [-0.1, -0.05) is 49.2 Å². The fourth-order valence-corrected chi connectivity index (χ4v) is 3.42. The minimum absolute atomic E-state index is 0.0855. The van der Waals surface area contributed by atoms with Crippen LogP contribution in [0.1, 0.15) is 51.1 Å². The van der Waals surface area contributed by atoms with Crippen LogP contribution in [0.15, 0.2) is 18.2 Å². The number of hydrazine groups is 1. The van der Waals surface area contributed by atoms with Crippen LogP contribution in [0.3, 0.4) is 0 Å². The van der Waals surface area contributed by atoms with Crippen LogP contribution in [0.4, 0.5) is 0 Å². The molecule has 0 aliphatic heterocycles. The van der Waals surface area contributed by atoms with Gasteiger partial charge in [0.05, 0.1) is 16.1 Å². The lowest BCUT2D eigenvalue weighted by molar-refractivity contribution is 0.161. The van der Waals surface area contributed by atoms with Crippen LogP contribution in [0.2, 0.25) is 10.0 Å². The summed E-state index contributed by atoms with van der Waals surface area (Å²) >= 11 is 12.4. The SMILES string of the molecule is CC1(C)CCC(C(NN)c2cccc(Cl)c2Cl)CC1. The average molecular weight is 301 g/mol. The van der Waals surface area contributed by atoms with Crippen molar-refractivity contribution in [1.82, 2.24) is 5.43 Å². The zero-order valence-corrected chi connectivity index (χ0v) is 13.1. The Hall–Kier alpha value is -0.280. The van der Waals surface area contributed by atoms with E-state index in [2.05, 4.69) is 19.3 Å². The van der Waals surface area contributed by atoms with E-state index in [0.29, 0.717) is 21.4 Å². The van der Waals surface area contributed by atoms with Gasteiger partial charge in [0.1, 0.15) is 0 Å². The van der Waals surface area contributed by atoms with Crippen molar-refractivity contribution in [2.75, 3.05) is 0 Å². The van der Waals surface area contributed by atoms with Crippen LogP contribution in [-0.2, 0) is 0 Å². The lowest BCUT2D eigenvalue weighted by Crippen LogP contribution is -2.36. The summed E-state index contributed by atoms with van der Waals surface area (Å²) in [5, 5.41) is 1.22. The van der Waals surface area contributed by atoms with E-state index in [-0.39, 0.29) is 6.04 Å². The van der Waals surface area contributed by atoms with Crippen LogP contribution in [0, 0.1) is 11.3 Å². The predicted molar refractivity (Wildman–Crippen MR) is 82.3 cm³/mol. The summed E-state index contributed by atoms with van der Waals surface area (Å²) in [6.45, 7) is 4.67. The molecule has 0 bridgehead atoms. The summed E-state index contributed by atoms with van der Waals surface area (Å²) in [5.74, 6) is 6.29. The van der Waals surface area contributed by atoms with Crippen molar-refractivity contribution in [2.24, 2.45) is 17.2 Å². The summed E-state index contributed by atoms with van der Waals surface area (Å²) in [7, 11) is 0. The quantitative estimate of drug-likeness (QED) is 0.626. The van der Waals surface area contributed by atoms with Crippen molar-refractivity contribution >= 4 is 23.2 Å². The van der Waals surface area contributed by atoms with Crippen LogP contribution in [0.5, 0.6) is 0 Å². The zero-order valence-electron chi connectivity index (χ0n) is 11.5. The maximum absolute atomic E-state index is 6.31. The van der Waals surface area contributed by atoms with E-state index in [1.807, 2.05) is 18.2 Å². The van der Waals surface area contributed by atoms with Gasteiger partial charge in [-0.05, 0) is 48.6 Å². The molecule has 106 valence electrons. The third-order valence-electron chi connectivity index (χ3n) is 4.35. The van der Waals surface area contributed by atoms with Gasteiger partial charge in [-0.25, -0.2) is 0 Å². The maximum Gasteiger partial charge on any atom is 0.0640 e. The molecule has 0 radical (unpaired) electrons. The lowest BCUT2D eigenvalue weighted by atomic mass is 9.70. The summed E-state index contributed by atoms with van der Waals surface area (Å²) in [4.78, 5) is 0. The molecule has 3 N–H and O–H groups in total. The lowest BCUT2D eigenvalue weighted by Gasteiger charge is -2.38. The first-order valence-corrected chi connectivity index (χ1v) is 7.60. The third kappa shape index (κ3) is 3.43. The van der Waals surface area contributed by atoms with Crippen LogP contribution in [-0.4, -0.2) is 0 Å². The summed E-state index contributed by atoms with van der Waals surface area (Å²) in [6.07, 6.45) is 4.80. The average Bonchev–Trinajstić information content (AvgIpc) is 2.37. The highest BCUT2D eigenvalue weighted by atomic mass is 35.5. The molecule has 2 nitrogen and oxygen atoms in total. The molecule has 0 saturated heterocycles. The first-order chi connectivity index (χ1) is 8.94. The van der Waals surface area contributed by atoms with E-state index in [9.17, 15) is 0 Å². The Morgan fingerprint density at radius 2 is 1.89 bits per heavy atom. The topological polar surface area (TPSA) is 38.0 Å². The normalized spacial score (nSPS) is 21.3. The van der Waals surface area contributed by atoms with Gasteiger partial charge in [-0.15, -0.1) is 0 Å². The molecule has 1 saturated carbocycles. The van der Waals surface area contributed by atoms with Gasteiger partial charge in [0.2, 0.25) is 0 Å². The fourth-order valence-electron chi connectivity index (χ4n) is 3.00. The van der Waals surface area contributed by atoms with Crippen LogP contribution >= 0.6 is 23.2 Å². The van der Waals surface area contributed by atoms with Crippen molar-refractivity contribution in [3.05, 3.63) is 33.8 Å². The van der Waals surface area contributed by atoms with Gasteiger partial charge < -0.3 is 0 Å². The van der Waals surface area contributed by atoms with E-state index in [1.165, 1.54) is 25.7 Å². The number of hydrogen-bond acceptors (Lipinski definition) is 2. The summed E-state index contributed by atoms with van der Waals surface area (Å²) in [5.41, 5.74) is 4.41. The van der Waals surface area contributed by atoms with Crippen molar-refractivity contribution in [2.45, 2.75) is 45.6 Å². The van der Waals surface area contributed by atoms with Crippen molar-refractivity contribution in [3.63, 3.8) is 0 Å². The smallest absolute Gasteiger partial charge is 0.0640 e. The van der Waals surface area contributed by atoms with E-state index < -0.39 is 0 Å². The maximum atomic E-state index is 6.31. The first kappa shape index (κ1) is 15.1. The molecule has 1 unspecified atom stereocenters. The molecule has 1 aromatic carbocycles. The molecule has 1 aliphatic carbocycles. The molecule has 19 heavy (non-hydrogen) atoms. The van der Waals surface area contributed by atoms with E-state index in [4.69, 9.17) is 29.0 Å². The zero-order chi connectivity index (χ0) is 14.0. The molecule has 0 amide bonds. The standard InChI is InChI=1S/C15H22Cl2N2/c1-15(2)8-6-10(7-9-15)14(19-18)11-4-3-5-12(16)13(11)17/h3-5,10,14,19H,6-9,18H2,1-2H3. The minimum atomic E-state index is 0.0855. The third-order valence-corrected chi connectivity index (χ3v) is 5.18. The van der Waals surface area contributed by atoms with E-state index in [1.54, 1.807) is 0 Å². The first-order valence-electron chi connectivity index (χ1n) is 6.84. The molecular weight excluding hydrogens is 279 g/mol. The minimum Gasteiger partial charge on any atom is -0.271 e. The number of benzene rings is 1. The molecule has 2 rings (SSSR count). The molecule has 1 aliphatic rings. The van der Waals surface area contributed by atoms with E-state index >= 15 is 0 Å². The Bertz CT molecular complexity index is 436. The summed E-state index contributed by atoms with van der Waals surface area (Å²) < 4.78 is 0. The Morgan fingerprint density at radius 1 is 1.26 bits per heavy atom. The second-order valence-corrected chi connectivity index (χ2v) is 7.07. The second-order valence-electron chi connectivity index (χ2n) is 6.29. The van der Waals surface area contributed by atoms with Crippen molar-refractivity contribution in [1.29, 1.82) is 0 Å². The molecule has 0 spiro atoms. The summed E-state index contributed by atoms with van der Waals surface area (Å²) in [6, 6.07) is 5.84. The van der Waals surface area contributed by atoms with Crippen molar-refractivity contribution < 1.29 is 0 Å². The number of nitrogens with one attached hydrogen (secondary N) is 1. The molecular formula is C15H22Cl2N2. The Kier molecular flexibility index (Phi) is 4.78. The van der Waals surface area contributed by atoms with Crippen LogP contribution in [0.25, 0.3) is 0 Å². The van der Waals surface area contributed by atoms with Gasteiger partial charge >= 0.3 is 0 Å². The highest BCUT2D eigenvalue weighted by Crippen LogP contribution is 2.44. The number of rotatable bonds is 3. The molecule has 1 fully saturated rings. The predicted octanol–water partition coefficient (Wildman–Crippen LogP) is 4.71. The second kappa shape index (κ2) is 6.01. The van der Waals surface area contributed by atoms with Gasteiger partial charge in [0.15, 0.2) is 0 Å². The van der Waals surface area contributed by atoms with Gasteiger partial charge in [0.25, 0.3) is 0 Å². The monoisotopic (exact) mass is 300 g/mol. The van der Waals surface area contributed by atoms with Crippen LogP contribution < -0.4 is 11.3 Å². The van der Waals surface area contributed by atoms with Gasteiger partial charge in [0, 0.05) is 0 Å². The Morgan fingerprint density at radius 3 is 2.47 bits per heavy atom. The molecule has 0 heterocycles. The van der Waals surface area contributed by atoms with E-state index in [0.717, 1.165) is 5.56 Å². The highest BCUT2D eigenvalue weighted by Gasteiger charge is 2.32. The number of nitrogens with two attached hydrogens (primary N) is 1. The highest BCUT2D eigenvalue weighted by molar-refractivity contribution is 6.42. The van der Waals surface area contributed by atoms with Crippen molar-refractivity contribution in [3.8, 4) is 0 Å². The largest absolute Gasteiger partial charge is 0.271 e.